The minimum Gasteiger partial charge on any atom is -0.872 e. The molecule has 0 aliphatic heterocycles. The van der Waals surface area contributed by atoms with Gasteiger partial charge in [-0.25, -0.2) is 8.42 Å². The third-order valence-electron chi connectivity index (χ3n) is 9.39. The molecule has 0 saturated heterocycles. The molecule has 4 aromatic rings. The summed E-state index contributed by atoms with van der Waals surface area (Å²) in [6.45, 7) is 4.37. The van der Waals surface area contributed by atoms with Crippen LogP contribution in [0.2, 0.25) is 0 Å². The second-order valence-corrected chi connectivity index (χ2v) is 16.6. The first-order valence-corrected chi connectivity index (χ1v) is 22.8. The van der Waals surface area contributed by atoms with E-state index in [1.54, 1.807) is 36.4 Å². The molecular formula is C44H58CaO10S2. The fraction of sp³-hybridized carbons (Fsp3) is 0.455. The molecule has 0 radical (unpaired) electrons. The summed E-state index contributed by atoms with van der Waals surface area (Å²) in [5, 5.41) is 22.1. The molecule has 0 saturated carbocycles. The monoisotopic (exact) mass is 850 g/mol. The Morgan fingerprint density at radius 3 is 1.28 bits per heavy atom. The Kier molecular flexibility index (Phi) is 23.8. The number of rotatable bonds is 24. The van der Waals surface area contributed by atoms with E-state index in [9.17, 15) is 36.2 Å². The molecular weight excluding hydrogens is 793 g/mol. The Balaban J connectivity index is 0.000000387. The number of aromatic hydroxyl groups is 1. The molecule has 0 bridgehead atoms. The number of hydrogen-bond donors (Lipinski definition) is 2. The minimum atomic E-state index is -4.88. The van der Waals surface area contributed by atoms with Crippen LogP contribution in [0.5, 0.6) is 34.5 Å². The molecule has 308 valence electrons. The Labute approximate surface area is 370 Å². The zero-order chi connectivity index (χ0) is 40.8. The van der Waals surface area contributed by atoms with Crippen LogP contribution in [0.3, 0.4) is 0 Å². The third kappa shape index (κ3) is 18.3. The van der Waals surface area contributed by atoms with Crippen LogP contribution in [-0.2, 0) is 33.1 Å². The maximum Gasteiger partial charge on any atom is 2.00 e. The summed E-state index contributed by atoms with van der Waals surface area (Å²) < 4.78 is 80.1. The van der Waals surface area contributed by atoms with Gasteiger partial charge >= 0.3 is 37.7 Å². The average molecular weight is 851 g/mol. The van der Waals surface area contributed by atoms with E-state index in [1.807, 2.05) is 24.3 Å². The first-order valence-electron chi connectivity index (χ1n) is 19.9. The predicted octanol–water partition coefficient (Wildman–Crippen LogP) is 10.9. The summed E-state index contributed by atoms with van der Waals surface area (Å²) in [6, 6.07) is 23.2. The van der Waals surface area contributed by atoms with Gasteiger partial charge in [-0.1, -0.05) is 152 Å². The Bertz CT molecular complexity index is 1810. The van der Waals surface area contributed by atoms with Crippen molar-refractivity contribution in [1.29, 1.82) is 0 Å². The van der Waals surface area contributed by atoms with Crippen LogP contribution in [0.1, 0.15) is 128 Å². The van der Waals surface area contributed by atoms with Gasteiger partial charge in [0.15, 0.2) is 0 Å². The minimum absolute atomic E-state index is 0. The van der Waals surface area contributed by atoms with Gasteiger partial charge in [-0.2, -0.15) is 8.42 Å². The van der Waals surface area contributed by atoms with Crippen LogP contribution in [-0.4, -0.2) is 68.8 Å². The van der Waals surface area contributed by atoms with E-state index >= 15 is 0 Å². The number of phenolic OH excluding ortho intramolecular Hbond substituents is 1. The normalized spacial score (nSPS) is 11.3. The van der Waals surface area contributed by atoms with E-state index in [-0.39, 0.29) is 49.1 Å². The van der Waals surface area contributed by atoms with Crippen molar-refractivity contribution in [3.05, 3.63) is 96.1 Å². The van der Waals surface area contributed by atoms with Crippen molar-refractivity contribution in [3.8, 4) is 34.5 Å². The largest absolute Gasteiger partial charge is 2.00 e. The van der Waals surface area contributed by atoms with Gasteiger partial charge in [0.1, 0.15) is 43.8 Å². The molecule has 57 heavy (non-hydrogen) atoms. The van der Waals surface area contributed by atoms with Crippen molar-refractivity contribution < 1.29 is 45.6 Å². The first-order chi connectivity index (χ1) is 26.9. The van der Waals surface area contributed by atoms with Crippen molar-refractivity contribution in [3.63, 3.8) is 0 Å². The van der Waals surface area contributed by atoms with Crippen molar-refractivity contribution >= 4 is 58.0 Å². The standard InChI is InChI=1S/2C22H30O5S.Ca/c2*1-2-3-4-5-6-7-8-12-15-19-21(27-18-13-10-9-11-14-18)17-16-20(23)22(19)28(24,25)26;/h2*9-11,13-14,16-17,23H,2-8,12,15H2,1H3,(H,24,25,26);/q;;+2/p-2. The van der Waals surface area contributed by atoms with Crippen LogP contribution in [0, 0.1) is 0 Å². The van der Waals surface area contributed by atoms with Gasteiger partial charge in [-0.05, 0) is 68.1 Å². The molecule has 13 heteroatoms. The molecule has 0 aliphatic carbocycles. The van der Waals surface area contributed by atoms with Gasteiger partial charge in [0.2, 0.25) is 0 Å². The molecule has 4 rings (SSSR count). The second kappa shape index (κ2) is 27.0. The van der Waals surface area contributed by atoms with Crippen molar-refractivity contribution in [2.75, 3.05) is 0 Å². The fourth-order valence-electron chi connectivity index (χ4n) is 6.51. The summed E-state index contributed by atoms with van der Waals surface area (Å²) in [4.78, 5) is -1.13. The molecule has 0 atom stereocenters. The van der Waals surface area contributed by atoms with E-state index < -0.39 is 41.5 Å². The number of benzene rings is 4. The smallest absolute Gasteiger partial charge is 0.872 e. The van der Waals surface area contributed by atoms with Crippen LogP contribution >= 0.6 is 0 Å². The molecule has 2 N–H and O–H groups in total. The van der Waals surface area contributed by atoms with Crippen molar-refractivity contribution in [2.24, 2.45) is 0 Å². The topological polar surface area (TPSA) is 173 Å². The van der Waals surface area contributed by atoms with Crippen molar-refractivity contribution in [2.45, 2.75) is 139 Å². The number of ether oxygens (including phenoxy) is 2. The van der Waals surface area contributed by atoms with Crippen LogP contribution in [0.4, 0.5) is 0 Å². The molecule has 0 heterocycles. The maximum absolute atomic E-state index is 12.1. The number of phenols is 1. The quantitative estimate of drug-likeness (QED) is 0.0392. The van der Waals surface area contributed by atoms with Gasteiger partial charge < -0.3 is 24.2 Å². The molecule has 0 spiro atoms. The summed E-state index contributed by atoms with van der Waals surface area (Å²) >= 11 is 0. The Morgan fingerprint density at radius 1 is 0.526 bits per heavy atom. The molecule has 4 aromatic carbocycles. The summed E-state index contributed by atoms with van der Waals surface area (Å²) in [5.41, 5.74) is 0.509. The number of para-hydroxylation sites is 2. The van der Waals surface area contributed by atoms with Crippen LogP contribution < -0.4 is 14.6 Å². The van der Waals surface area contributed by atoms with Crippen molar-refractivity contribution in [1.82, 2.24) is 0 Å². The van der Waals surface area contributed by atoms with E-state index in [0.717, 1.165) is 44.6 Å². The maximum atomic E-state index is 12.1. The van der Waals surface area contributed by atoms with Gasteiger partial charge in [0.05, 0.1) is 4.90 Å². The van der Waals surface area contributed by atoms with Gasteiger partial charge in [-0.3, -0.25) is 4.55 Å². The van der Waals surface area contributed by atoms with Gasteiger partial charge in [-0.15, -0.1) is 0 Å². The Hall–Kier alpha value is -2.84. The number of hydrogen-bond acceptors (Lipinski definition) is 9. The van der Waals surface area contributed by atoms with E-state index in [1.165, 1.54) is 76.0 Å². The van der Waals surface area contributed by atoms with Crippen LogP contribution in [0.15, 0.2) is 94.7 Å². The predicted molar refractivity (Wildman–Crippen MR) is 223 cm³/mol. The van der Waals surface area contributed by atoms with E-state index in [4.69, 9.17) is 9.47 Å². The fourth-order valence-corrected chi connectivity index (χ4v) is 8.18. The zero-order valence-corrected chi connectivity index (χ0v) is 37.3. The number of unbranched alkanes of at least 4 members (excludes halogenated alkanes) is 14. The molecule has 0 aliphatic rings. The first kappa shape index (κ1) is 50.3. The summed E-state index contributed by atoms with van der Waals surface area (Å²) in [5.74, 6) is 0.435. The third-order valence-corrected chi connectivity index (χ3v) is 11.3. The Morgan fingerprint density at radius 2 is 0.895 bits per heavy atom. The molecule has 0 fully saturated rings. The van der Waals surface area contributed by atoms with E-state index in [0.29, 0.717) is 42.1 Å². The average Bonchev–Trinajstić information content (AvgIpc) is 3.16. The molecule has 10 nitrogen and oxygen atoms in total. The summed E-state index contributed by atoms with van der Waals surface area (Å²) in [6.07, 6.45) is 18.4. The molecule has 0 unspecified atom stereocenters. The second-order valence-electron chi connectivity index (χ2n) is 14.0. The zero-order valence-electron chi connectivity index (χ0n) is 33.5. The summed E-state index contributed by atoms with van der Waals surface area (Å²) in [7, 11) is -9.45. The van der Waals surface area contributed by atoms with Crippen LogP contribution in [0.25, 0.3) is 0 Å². The van der Waals surface area contributed by atoms with Gasteiger partial charge in [0, 0.05) is 11.1 Å². The van der Waals surface area contributed by atoms with E-state index in [2.05, 4.69) is 13.8 Å². The molecule has 0 aromatic heterocycles. The molecule has 0 amide bonds. The van der Waals surface area contributed by atoms with Gasteiger partial charge in [0.25, 0.3) is 10.1 Å². The SMILES string of the molecule is CCCCCCCCCCc1c(Oc2ccccc2)ccc(O)c1S(=O)(=O)O.CCCCCCCCCCc1c(Oc2ccccc2)ccc([O-])c1S(=O)(=O)[O-].[Ca+2].